The number of amides is 2. The summed E-state index contributed by atoms with van der Waals surface area (Å²) in [6, 6.07) is 35.1. The second kappa shape index (κ2) is 16.4. The third-order valence-corrected chi connectivity index (χ3v) is 8.80. The highest BCUT2D eigenvalue weighted by molar-refractivity contribution is 6.31. The number of carboxylic acid groups (broad SMARTS) is 1. The van der Waals surface area contributed by atoms with Crippen LogP contribution in [0.5, 0.6) is 11.5 Å². The van der Waals surface area contributed by atoms with Crippen molar-refractivity contribution in [3.8, 4) is 28.3 Å². The van der Waals surface area contributed by atoms with E-state index in [1.165, 1.54) is 18.3 Å². The standard InChI is InChI=1S/C41H34Cl2N4O5/c1-2-8-37-34(25-44-47(37)30-20-17-28(42)18-21-30)41(51)45-35-22-19-29(43)23-33(35)40(50)46-36(24-39(48)49)27-15-13-26(14-16-27)32-11-6-7-12-38(32)52-31-9-4-3-5-10-31/h3-7,9-23,25,36H,2,8,24H2,1H3,(H,45,51)(H,46,50)(H,48,49). The Labute approximate surface area is 310 Å². The maximum Gasteiger partial charge on any atom is 0.305 e. The molecule has 0 saturated carbocycles. The fourth-order valence-electron chi connectivity index (χ4n) is 5.82. The van der Waals surface area contributed by atoms with E-state index >= 15 is 0 Å². The Hall–Kier alpha value is -5.90. The van der Waals surface area contributed by atoms with Gasteiger partial charge >= 0.3 is 5.97 Å². The summed E-state index contributed by atoms with van der Waals surface area (Å²) < 4.78 is 7.83. The van der Waals surface area contributed by atoms with Gasteiger partial charge in [-0.25, -0.2) is 4.68 Å². The van der Waals surface area contributed by atoms with Gasteiger partial charge in [-0.05, 0) is 78.2 Å². The number of ether oxygens (including phenoxy) is 1. The number of para-hydroxylation sites is 2. The molecular weight excluding hydrogens is 699 g/mol. The van der Waals surface area contributed by atoms with Crippen LogP contribution < -0.4 is 15.4 Å². The molecule has 0 aliphatic heterocycles. The number of carbonyl (C=O) groups excluding carboxylic acids is 2. The number of hydrogen-bond acceptors (Lipinski definition) is 5. The fourth-order valence-corrected chi connectivity index (χ4v) is 6.11. The van der Waals surface area contributed by atoms with Crippen molar-refractivity contribution in [3.05, 3.63) is 160 Å². The molecule has 2 amide bonds. The van der Waals surface area contributed by atoms with E-state index in [1.807, 2.05) is 85.8 Å². The van der Waals surface area contributed by atoms with E-state index in [1.54, 1.807) is 35.0 Å². The topological polar surface area (TPSA) is 123 Å². The van der Waals surface area contributed by atoms with Crippen molar-refractivity contribution in [2.75, 3.05) is 5.32 Å². The normalized spacial score (nSPS) is 11.4. The molecule has 0 radical (unpaired) electrons. The number of rotatable bonds is 13. The maximum atomic E-state index is 13.8. The van der Waals surface area contributed by atoms with Gasteiger partial charge in [-0.3, -0.25) is 14.4 Å². The van der Waals surface area contributed by atoms with E-state index in [9.17, 15) is 19.5 Å². The zero-order valence-corrected chi connectivity index (χ0v) is 29.6. The summed E-state index contributed by atoms with van der Waals surface area (Å²) in [5.41, 5.74) is 4.33. The van der Waals surface area contributed by atoms with E-state index < -0.39 is 23.8 Å². The van der Waals surface area contributed by atoms with Gasteiger partial charge in [0.25, 0.3) is 11.8 Å². The van der Waals surface area contributed by atoms with Crippen LogP contribution in [0, 0.1) is 0 Å². The molecule has 0 saturated heterocycles. The highest BCUT2D eigenvalue weighted by Crippen LogP contribution is 2.34. The zero-order chi connectivity index (χ0) is 36.6. The lowest BCUT2D eigenvalue weighted by atomic mass is 9.98. The highest BCUT2D eigenvalue weighted by atomic mass is 35.5. The van der Waals surface area contributed by atoms with Crippen LogP contribution in [0.25, 0.3) is 16.8 Å². The Balaban J connectivity index is 1.23. The van der Waals surface area contributed by atoms with Gasteiger partial charge in [0.2, 0.25) is 0 Å². The summed E-state index contributed by atoms with van der Waals surface area (Å²) in [4.78, 5) is 39.5. The van der Waals surface area contributed by atoms with Gasteiger partial charge in [0, 0.05) is 15.6 Å². The van der Waals surface area contributed by atoms with Gasteiger partial charge < -0.3 is 20.5 Å². The molecule has 0 spiro atoms. The molecule has 0 aliphatic rings. The van der Waals surface area contributed by atoms with Gasteiger partial charge in [0.1, 0.15) is 11.5 Å². The molecule has 11 heteroatoms. The Bertz CT molecular complexity index is 2200. The van der Waals surface area contributed by atoms with Crippen LogP contribution in [0.15, 0.2) is 128 Å². The van der Waals surface area contributed by atoms with Crippen LogP contribution >= 0.6 is 23.2 Å². The Morgan fingerprint density at radius 1 is 0.808 bits per heavy atom. The minimum Gasteiger partial charge on any atom is -0.481 e. The van der Waals surface area contributed by atoms with Crippen LogP contribution in [0.3, 0.4) is 0 Å². The fraction of sp³-hybridized carbons (Fsp3) is 0.122. The van der Waals surface area contributed by atoms with Gasteiger partial charge in [-0.2, -0.15) is 5.10 Å². The zero-order valence-electron chi connectivity index (χ0n) is 28.1. The van der Waals surface area contributed by atoms with Gasteiger partial charge in [-0.15, -0.1) is 0 Å². The molecule has 0 bridgehead atoms. The number of aromatic nitrogens is 2. The second-order valence-corrected chi connectivity index (χ2v) is 12.8. The lowest BCUT2D eigenvalue weighted by Crippen LogP contribution is -2.31. The Morgan fingerprint density at radius 3 is 2.21 bits per heavy atom. The molecule has 1 unspecified atom stereocenters. The van der Waals surface area contributed by atoms with Crippen LogP contribution in [0.1, 0.15) is 57.8 Å². The number of nitrogens with one attached hydrogen (secondary N) is 2. The largest absolute Gasteiger partial charge is 0.481 e. The second-order valence-electron chi connectivity index (χ2n) is 11.9. The molecule has 0 fully saturated rings. The van der Waals surface area contributed by atoms with E-state index in [0.29, 0.717) is 39.8 Å². The molecule has 1 atom stereocenters. The molecule has 52 heavy (non-hydrogen) atoms. The first-order valence-corrected chi connectivity index (χ1v) is 17.3. The minimum atomic E-state index is -1.10. The summed E-state index contributed by atoms with van der Waals surface area (Å²) in [5, 5.41) is 20.8. The monoisotopic (exact) mass is 732 g/mol. The summed E-state index contributed by atoms with van der Waals surface area (Å²) in [5.74, 6) is -0.820. The van der Waals surface area contributed by atoms with Crippen molar-refractivity contribution in [1.29, 1.82) is 0 Å². The Morgan fingerprint density at radius 2 is 1.50 bits per heavy atom. The number of anilines is 1. The predicted octanol–water partition coefficient (Wildman–Crippen LogP) is 9.79. The molecular formula is C41H34Cl2N4O5. The van der Waals surface area contributed by atoms with Crippen molar-refractivity contribution in [2.24, 2.45) is 0 Å². The number of aliphatic carboxylic acids is 1. The average molecular weight is 734 g/mol. The summed E-state index contributed by atoms with van der Waals surface area (Å²) in [7, 11) is 0. The van der Waals surface area contributed by atoms with Crippen molar-refractivity contribution in [3.63, 3.8) is 0 Å². The first-order chi connectivity index (χ1) is 25.2. The number of halogens is 2. The van der Waals surface area contributed by atoms with Crippen LogP contribution in [0.4, 0.5) is 5.69 Å². The van der Waals surface area contributed by atoms with E-state index in [-0.39, 0.29) is 22.7 Å². The van der Waals surface area contributed by atoms with Crippen molar-refractivity contribution in [1.82, 2.24) is 15.1 Å². The maximum absolute atomic E-state index is 13.8. The number of nitrogens with zero attached hydrogens (tertiary/aromatic N) is 2. The third-order valence-electron chi connectivity index (χ3n) is 8.31. The predicted molar refractivity (Wildman–Crippen MR) is 203 cm³/mol. The van der Waals surface area contributed by atoms with Crippen LogP contribution in [-0.2, 0) is 11.2 Å². The molecule has 5 aromatic carbocycles. The van der Waals surface area contributed by atoms with Crippen molar-refractivity contribution >= 4 is 46.7 Å². The number of carbonyl (C=O) groups is 3. The van der Waals surface area contributed by atoms with Crippen LogP contribution in [0.2, 0.25) is 10.0 Å². The van der Waals surface area contributed by atoms with Crippen molar-refractivity contribution in [2.45, 2.75) is 32.2 Å². The molecule has 1 aromatic heterocycles. The lowest BCUT2D eigenvalue weighted by Gasteiger charge is -2.20. The molecule has 9 nitrogen and oxygen atoms in total. The average Bonchev–Trinajstić information content (AvgIpc) is 3.57. The smallest absolute Gasteiger partial charge is 0.305 e. The molecule has 262 valence electrons. The van der Waals surface area contributed by atoms with Gasteiger partial charge in [-0.1, -0.05) is 97.2 Å². The SMILES string of the molecule is CCCc1c(C(=O)Nc2ccc(Cl)cc2C(=O)NC(CC(=O)O)c2ccc(-c3ccccc3Oc3ccccc3)cc2)cnn1-c1ccc(Cl)cc1. The quantitative estimate of drug-likeness (QED) is 0.109. The number of carboxylic acids is 1. The van der Waals surface area contributed by atoms with Crippen LogP contribution in [-0.4, -0.2) is 32.7 Å². The molecule has 1 heterocycles. The first kappa shape index (κ1) is 35.9. The minimum absolute atomic E-state index is 0.0713. The van der Waals surface area contributed by atoms with Gasteiger partial charge in [0.05, 0.1) is 46.9 Å². The number of hydrogen-bond donors (Lipinski definition) is 3. The molecule has 6 aromatic rings. The van der Waals surface area contributed by atoms with E-state index in [2.05, 4.69) is 15.7 Å². The summed E-state index contributed by atoms with van der Waals surface area (Å²) in [6.45, 7) is 2.00. The van der Waals surface area contributed by atoms with E-state index in [0.717, 1.165) is 23.2 Å². The highest BCUT2D eigenvalue weighted by Gasteiger charge is 2.24. The lowest BCUT2D eigenvalue weighted by molar-refractivity contribution is -0.137. The first-order valence-electron chi connectivity index (χ1n) is 16.6. The molecule has 3 N–H and O–H groups in total. The van der Waals surface area contributed by atoms with Gasteiger partial charge in [0.15, 0.2) is 0 Å². The molecule has 6 rings (SSSR count). The summed E-state index contributed by atoms with van der Waals surface area (Å²) >= 11 is 12.4. The molecule has 0 aliphatic carbocycles. The van der Waals surface area contributed by atoms with E-state index in [4.69, 9.17) is 27.9 Å². The van der Waals surface area contributed by atoms with Crippen molar-refractivity contribution < 1.29 is 24.2 Å². The third kappa shape index (κ3) is 8.51. The number of benzene rings is 5. The Kier molecular flexibility index (Phi) is 11.3. The summed E-state index contributed by atoms with van der Waals surface area (Å²) in [6.07, 6.45) is 2.43.